The Morgan fingerprint density at radius 3 is 2.27 bits per heavy atom. The molecule has 1 heterocycles. The maximum atomic E-state index is 14.1. The molecule has 0 aliphatic carbocycles. The molecule has 0 spiro atoms. The molecule has 1 saturated heterocycles. The highest BCUT2D eigenvalue weighted by Crippen LogP contribution is 2.42. The van der Waals surface area contributed by atoms with E-state index in [1.807, 2.05) is 0 Å². The van der Waals surface area contributed by atoms with Crippen molar-refractivity contribution in [2.24, 2.45) is 0 Å². The van der Waals surface area contributed by atoms with E-state index in [0.717, 1.165) is 24.3 Å². The molecule has 0 bridgehead atoms. The van der Waals surface area contributed by atoms with Gasteiger partial charge in [-0.05, 0) is 36.6 Å². The van der Waals surface area contributed by atoms with Crippen molar-refractivity contribution in [1.82, 2.24) is 4.90 Å². The largest absolute Gasteiger partial charge is 0.416 e. The molecule has 1 aliphatic heterocycles. The van der Waals surface area contributed by atoms with E-state index < -0.39 is 61.6 Å². The molecular formula is C21H21F8N. The van der Waals surface area contributed by atoms with Crippen molar-refractivity contribution in [2.45, 2.75) is 63.0 Å². The van der Waals surface area contributed by atoms with Gasteiger partial charge < -0.3 is 0 Å². The molecule has 166 valence electrons. The summed E-state index contributed by atoms with van der Waals surface area (Å²) in [6.07, 6.45) is -11.9. The van der Waals surface area contributed by atoms with Crippen LogP contribution in [-0.2, 0) is 6.18 Å². The number of alkyl halides is 8. The Bertz CT molecular complexity index is 796. The molecular weight excluding hydrogens is 418 g/mol. The summed E-state index contributed by atoms with van der Waals surface area (Å²) in [6.45, 7) is 4.90. The standard InChI is InChI=1S/C21H21F8N/c1-14(2)3-8-17(9-10-20(24,25)26)30-12-11-19(22,23)13-18(30)15-4-6-16(7-5-15)21(27,28)29/h4-7,17-18H,1,9-13H2,2H3/t17?,18-/m0/s1. The van der Waals surface area contributed by atoms with E-state index in [2.05, 4.69) is 18.4 Å². The first kappa shape index (κ1) is 24.2. The van der Waals surface area contributed by atoms with Crippen LogP contribution in [0.4, 0.5) is 35.1 Å². The number of nitrogens with zero attached hydrogens (tertiary/aromatic N) is 1. The van der Waals surface area contributed by atoms with Crippen LogP contribution in [0.5, 0.6) is 0 Å². The zero-order valence-corrected chi connectivity index (χ0v) is 16.2. The predicted octanol–water partition coefficient (Wildman–Crippen LogP) is 6.77. The number of piperidine rings is 1. The van der Waals surface area contributed by atoms with Crippen LogP contribution in [0.25, 0.3) is 0 Å². The van der Waals surface area contributed by atoms with E-state index >= 15 is 0 Å². The quantitative estimate of drug-likeness (QED) is 0.370. The van der Waals surface area contributed by atoms with Crippen LogP contribution >= 0.6 is 0 Å². The van der Waals surface area contributed by atoms with Crippen LogP contribution in [0.3, 0.4) is 0 Å². The molecule has 1 nitrogen and oxygen atoms in total. The number of allylic oxidation sites excluding steroid dienone is 1. The van der Waals surface area contributed by atoms with Gasteiger partial charge in [-0.1, -0.05) is 30.6 Å². The molecule has 0 saturated carbocycles. The first-order valence-corrected chi connectivity index (χ1v) is 9.22. The van der Waals surface area contributed by atoms with E-state index in [-0.39, 0.29) is 12.1 Å². The lowest BCUT2D eigenvalue weighted by Crippen LogP contribution is -2.47. The highest BCUT2D eigenvalue weighted by Gasteiger charge is 2.43. The summed E-state index contributed by atoms with van der Waals surface area (Å²) in [5.41, 5.74) is -0.354. The minimum atomic E-state index is -4.59. The van der Waals surface area contributed by atoms with Gasteiger partial charge >= 0.3 is 12.4 Å². The number of halogens is 8. The first-order valence-electron chi connectivity index (χ1n) is 9.22. The van der Waals surface area contributed by atoms with Gasteiger partial charge in [0.25, 0.3) is 5.92 Å². The zero-order chi connectivity index (χ0) is 22.7. The second-order valence-corrected chi connectivity index (χ2v) is 7.40. The number of hydrogen-bond acceptors (Lipinski definition) is 1. The molecule has 9 heteroatoms. The Hall–Kier alpha value is -2.08. The Balaban J connectivity index is 2.39. The van der Waals surface area contributed by atoms with Crippen LogP contribution in [0.2, 0.25) is 0 Å². The molecule has 0 N–H and O–H groups in total. The fourth-order valence-corrected chi connectivity index (χ4v) is 3.36. The summed E-state index contributed by atoms with van der Waals surface area (Å²) in [7, 11) is 0. The first-order chi connectivity index (χ1) is 13.7. The molecule has 1 aromatic carbocycles. The molecule has 1 aromatic rings. The Kier molecular flexibility index (Phi) is 7.23. The van der Waals surface area contributed by atoms with E-state index in [1.54, 1.807) is 6.92 Å². The van der Waals surface area contributed by atoms with Crippen molar-refractivity contribution < 1.29 is 35.1 Å². The van der Waals surface area contributed by atoms with Gasteiger partial charge in [-0.25, -0.2) is 8.78 Å². The third-order valence-corrected chi connectivity index (χ3v) is 4.80. The summed E-state index contributed by atoms with van der Waals surface area (Å²) >= 11 is 0. The van der Waals surface area contributed by atoms with Crippen LogP contribution in [0.1, 0.15) is 49.8 Å². The molecule has 2 atom stereocenters. The van der Waals surface area contributed by atoms with Crippen LogP contribution in [0, 0.1) is 11.8 Å². The number of benzene rings is 1. The second-order valence-electron chi connectivity index (χ2n) is 7.40. The van der Waals surface area contributed by atoms with Crippen LogP contribution in [0.15, 0.2) is 36.4 Å². The lowest BCUT2D eigenvalue weighted by molar-refractivity contribution is -0.140. The van der Waals surface area contributed by atoms with Crippen molar-refractivity contribution >= 4 is 0 Å². The molecule has 2 rings (SSSR count). The van der Waals surface area contributed by atoms with E-state index in [4.69, 9.17) is 0 Å². The average molecular weight is 439 g/mol. The third-order valence-electron chi connectivity index (χ3n) is 4.80. The predicted molar refractivity (Wildman–Crippen MR) is 96.7 cm³/mol. The van der Waals surface area contributed by atoms with Crippen molar-refractivity contribution in [3.63, 3.8) is 0 Å². The zero-order valence-electron chi connectivity index (χ0n) is 16.2. The Labute approximate surface area is 169 Å². The summed E-state index contributed by atoms with van der Waals surface area (Å²) in [4.78, 5) is 1.43. The Morgan fingerprint density at radius 2 is 1.77 bits per heavy atom. The highest BCUT2D eigenvalue weighted by atomic mass is 19.4. The Morgan fingerprint density at radius 1 is 1.17 bits per heavy atom. The fourth-order valence-electron chi connectivity index (χ4n) is 3.36. The van der Waals surface area contributed by atoms with E-state index in [9.17, 15) is 35.1 Å². The van der Waals surface area contributed by atoms with Crippen LogP contribution < -0.4 is 0 Å². The van der Waals surface area contributed by atoms with Gasteiger partial charge in [-0.3, -0.25) is 4.90 Å². The van der Waals surface area contributed by atoms with Gasteiger partial charge in [0.15, 0.2) is 0 Å². The summed E-state index contributed by atoms with van der Waals surface area (Å²) in [5.74, 6) is 2.20. The molecule has 1 fully saturated rings. The molecule has 0 radical (unpaired) electrons. The summed E-state index contributed by atoms with van der Waals surface area (Å²) in [5, 5.41) is 0. The van der Waals surface area contributed by atoms with Crippen molar-refractivity contribution in [1.29, 1.82) is 0 Å². The second kappa shape index (κ2) is 8.96. The maximum absolute atomic E-state index is 14.1. The molecule has 30 heavy (non-hydrogen) atoms. The van der Waals surface area contributed by atoms with Crippen molar-refractivity contribution in [2.75, 3.05) is 6.54 Å². The SMILES string of the molecule is C=C(C)C#CC(CCC(F)(F)F)N1CCC(F)(F)C[C@H]1c1ccc(C(F)(F)F)cc1. The average Bonchev–Trinajstić information content (AvgIpc) is 2.60. The third kappa shape index (κ3) is 7.01. The fraction of sp³-hybridized carbons (Fsp3) is 0.524. The molecule has 0 amide bonds. The minimum Gasteiger partial charge on any atom is -0.282 e. The maximum Gasteiger partial charge on any atom is 0.416 e. The monoisotopic (exact) mass is 439 g/mol. The van der Waals surface area contributed by atoms with Gasteiger partial charge in [0.2, 0.25) is 0 Å². The van der Waals surface area contributed by atoms with Crippen molar-refractivity contribution in [3.05, 3.63) is 47.5 Å². The number of hydrogen-bond donors (Lipinski definition) is 0. The summed E-state index contributed by atoms with van der Waals surface area (Å²) in [6, 6.07) is 1.69. The highest BCUT2D eigenvalue weighted by molar-refractivity contribution is 5.30. The van der Waals surface area contributed by atoms with Gasteiger partial charge in [0, 0.05) is 31.8 Å². The van der Waals surface area contributed by atoms with Gasteiger partial charge in [-0.2, -0.15) is 26.3 Å². The molecule has 0 aromatic heterocycles. The smallest absolute Gasteiger partial charge is 0.282 e. The number of likely N-dealkylation sites (tertiary alicyclic amines) is 1. The number of rotatable bonds is 4. The normalized spacial score (nSPS) is 20.9. The van der Waals surface area contributed by atoms with Crippen molar-refractivity contribution in [3.8, 4) is 11.8 Å². The topological polar surface area (TPSA) is 3.24 Å². The van der Waals surface area contributed by atoms with E-state index in [1.165, 1.54) is 4.90 Å². The van der Waals surface area contributed by atoms with E-state index in [0.29, 0.717) is 5.57 Å². The lowest BCUT2D eigenvalue weighted by atomic mass is 9.89. The summed E-state index contributed by atoms with van der Waals surface area (Å²) < 4.78 is 105. The lowest BCUT2D eigenvalue weighted by Gasteiger charge is -2.42. The van der Waals surface area contributed by atoms with Gasteiger partial charge in [-0.15, -0.1) is 0 Å². The minimum absolute atomic E-state index is 0.177. The van der Waals surface area contributed by atoms with Gasteiger partial charge in [0.05, 0.1) is 11.6 Å². The molecule has 1 aliphatic rings. The molecule has 1 unspecified atom stereocenters. The van der Waals surface area contributed by atoms with Crippen LogP contribution in [-0.4, -0.2) is 29.6 Å². The van der Waals surface area contributed by atoms with Gasteiger partial charge in [0.1, 0.15) is 0 Å².